The highest BCUT2D eigenvalue weighted by Gasteiger charge is 2.54. The number of halogens is 13. The second kappa shape index (κ2) is 36.8. The zero-order valence-corrected chi connectivity index (χ0v) is 70.4. The van der Waals surface area contributed by atoms with Crippen LogP contribution in [0, 0.1) is 35.5 Å². The number of hydrogen-bond acceptors (Lipinski definition) is 11. The molecule has 0 radical (unpaired) electrons. The van der Waals surface area contributed by atoms with Gasteiger partial charge in [0, 0.05) is 72.3 Å². The maximum absolute atomic E-state index is 12.1. The standard InChI is InChI=1S/3C20H18Cl2O2.C15H11ClO2.3C4H7Cl2N/c3*21-20(22)11-13(20)9-10-19(23)24-12-18-16-7-3-1-5-14(16)15-6-2-4-8-17(15)18;16-15(17)18-9-14-12-7-3-1-5-10(12)11-6-2-4-8-13(11)14;3*5-4(6)1-3(4)2-7/h3*1-8,13,18H,9-12H2;1-8,14H,9H2;3*3H,1-2,7H2/t2*13-;;;2*3-;/m10..10./s1. The van der Waals surface area contributed by atoms with Crippen molar-refractivity contribution in [3.05, 3.63) is 239 Å². The number of carbonyl (C=O) groups excluding carboxylic acids is 4. The topological polar surface area (TPSA) is 183 Å². The van der Waals surface area contributed by atoms with Crippen LogP contribution in [-0.4, -0.2) is 95.4 Å². The van der Waals surface area contributed by atoms with Crippen LogP contribution in [0.25, 0.3) is 44.5 Å². The maximum atomic E-state index is 12.1. The molecule has 0 spiro atoms. The van der Waals surface area contributed by atoms with Crippen molar-refractivity contribution >= 4 is 174 Å². The minimum absolute atomic E-state index is 0.0834. The summed E-state index contributed by atoms with van der Waals surface area (Å²) in [7, 11) is 0. The Kier molecular flexibility index (Phi) is 28.4. The van der Waals surface area contributed by atoms with Crippen molar-refractivity contribution in [2.24, 2.45) is 52.7 Å². The lowest BCUT2D eigenvalue weighted by Crippen LogP contribution is -2.12. The maximum Gasteiger partial charge on any atom is 0.403 e. The van der Waals surface area contributed by atoms with Crippen molar-refractivity contribution in [1.82, 2.24) is 0 Å². The fourth-order valence-electron chi connectivity index (χ4n) is 14.9. The number of esters is 3. The van der Waals surface area contributed by atoms with E-state index in [1.54, 1.807) is 0 Å². The molecule has 10 aliphatic rings. The van der Waals surface area contributed by atoms with Gasteiger partial charge in [0.1, 0.15) is 52.4 Å². The summed E-state index contributed by atoms with van der Waals surface area (Å²) in [5.74, 6) is 1.65. The van der Waals surface area contributed by atoms with Gasteiger partial charge >= 0.3 is 23.3 Å². The number of benzene rings is 8. The van der Waals surface area contributed by atoms with E-state index in [2.05, 4.69) is 97.1 Å². The first-order valence-electron chi connectivity index (χ1n) is 37.3. The van der Waals surface area contributed by atoms with E-state index in [-0.39, 0.29) is 65.9 Å². The molecule has 0 saturated heterocycles. The molecule has 0 aliphatic heterocycles. The van der Waals surface area contributed by atoms with Crippen LogP contribution >= 0.6 is 151 Å². The Morgan fingerprint density at radius 3 is 0.559 bits per heavy atom. The smallest absolute Gasteiger partial charge is 0.403 e. The quantitative estimate of drug-likeness (QED) is 0.0286. The molecular weight excluding hydrogens is 1680 g/mol. The average molecular weight is 1760 g/mol. The van der Waals surface area contributed by atoms with E-state index >= 15 is 0 Å². The Morgan fingerprint density at radius 1 is 0.270 bits per heavy atom. The summed E-state index contributed by atoms with van der Waals surface area (Å²) < 4.78 is 18.4. The van der Waals surface area contributed by atoms with Gasteiger partial charge in [-0.3, -0.25) is 14.4 Å². The fourth-order valence-corrected chi connectivity index (χ4v) is 18.3. The zero-order valence-electron chi connectivity index (χ0n) is 60.6. The van der Waals surface area contributed by atoms with Gasteiger partial charge in [-0.05, 0) is 184 Å². The van der Waals surface area contributed by atoms with E-state index in [4.69, 9.17) is 187 Å². The summed E-state index contributed by atoms with van der Waals surface area (Å²) in [6.45, 7) is 3.28. The molecule has 6 atom stereocenters. The van der Waals surface area contributed by atoms with Crippen LogP contribution in [-0.2, 0) is 33.3 Å². The van der Waals surface area contributed by atoms with Crippen LogP contribution in [0.15, 0.2) is 194 Å². The molecule has 588 valence electrons. The molecule has 6 fully saturated rings. The second-order valence-electron chi connectivity index (χ2n) is 29.8. The van der Waals surface area contributed by atoms with Crippen LogP contribution in [0.1, 0.15) is 145 Å². The average Bonchev–Trinajstić information content (AvgIpc) is 1.61. The van der Waals surface area contributed by atoms with Gasteiger partial charge in [-0.2, -0.15) is 0 Å². The van der Waals surface area contributed by atoms with Gasteiger partial charge in [-0.15, -0.1) is 139 Å². The van der Waals surface area contributed by atoms with Gasteiger partial charge < -0.3 is 36.1 Å². The number of alkyl halides is 12. The molecule has 8 aromatic carbocycles. The Bertz CT molecular complexity index is 4080. The van der Waals surface area contributed by atoms with E-state index in [1.165, 1.54) is 89.0 Å². The van der Waals surface area contributed by atoms with Gasteiger partial charge in [0.2, 0.25) is 0 Å². The lowest BCUT2D eigenvalue weighted by Gasteiger charge is -2.14. The molecule has 24 heteroatoms. The molecule has 0 bridgehead atoms. The van der Waals surface area contributed by atoms with Gasteiger partial charge in [0.15, 0.2) is 0 Å². The molecule has 10 aliphatic carbocycles. The highest BCUT2D eigenvalue weighted by Crippen LogP contribution is 2.59. The Hall–Kier alpha value is -4.71. The number of fused-ring (bicyclic) bond motifs is 12. The van der Waals surface area contributed by atoms with Gasteiger partial charge in [-0.1, -0.05) is 194 Å². The van der Waals surface area contributed by atoms with Gasteiger partial charge in [0.05, 0.1) is 0 Å². The van der Waals surface area contributed by atoms with Crippen molar-refractivity contribution in [2.45, 2.75) is 127 Å². The first-order chi connectivity index (χ1) is 52.9. The summed E-state index contributed by atoms with van der Waals surface area (Å²) in [6, 6.07) is 66.3. The third kappa shape index (κ3) is 21.9. The van der Waals surface area contributed by atoms with Crippen molar-refractivity contribution in [3.63, 3.8) is 0 Å². The zero-order chi connectivity index (χ0) is 79.2. The SMILES string of the molecule is NCC1CC1(Cl)Cl.NC[C@@H]1CC1(Cl)Cl.NC[C@H]1CC1(Cl)Cl.O=C(CCC1CC1(Cl)Cl)OCC1c2ccccc2-c2ccccc21.O=C(CC[C@@H]1CC1(Cl)Cl)OCC1c2ccccc2-c2ccccc21.O=C(CC[C@H]1CC1(Cl)Cl)OCC1c2ccccc2-c2ccccc21.O=C(Cl)OCC1c2ccccc2-c2ccccc21. The highest BCUT2D eigenvalue weighted by molar-refractivity contribution is 6.61. The molecule has 6 saturated carbocycles. The molecule has 0 aromatic heterocycles. The first-order valence-corrected chi connectivity index (χ1v) is 42.3. The van der Waals surface area contributed by atoms with Crippen LogP contribution in [0.5, 0.6) is 0 Å². The summed E-state index contributed by atoms with van der Waals surface area (Å²) >= 11 is 74.8. The molecule has 11 nitrogen and oxygen atoms in total. The number of carbonyl (C=O) groups is 4. The fraction of sp³-hybridized carbons (Fsp3) is 0.402. The van der Waals surface area contributed by atoms with E-state index < -0.39 is 31.4 Å². The molecule has 8 aromatic rings. The Balaban J connectivity index is 0.000000127. The van der Waals surface area contributed by atoms with Crippen LogP contribution in [0.4, 0.5) is 4.79 Å². The minimum Gasteiger partial charge on any atom is -0.465 e. The van der Waals surface area contributed by atoms with E-state index in [1.807, 2.05) is 97.1 Å². The largest absolute Gasteiger partial charge is 0.465 e. The lowest BCUT2D eigenvalue weighted by molar-refractivity contribution is -0.145. The van der Waals surface area contributed by atoms with Gasteiger partial charge in [0.25, 0.3) is 0 Å². The van der Waals surface area contributed by atoms with Crippen molar-refractivity contribution in [3.8, 4) is 44.5 Å². The van der Waals surface area contributed by atoms with Gasteiger partial charge in [-0.25, -0.2) is 4.79 Å². The van der Waals surface area contributed by atoms with E-state index in [9.17, 15) is 19.2 Å². The normalized spacial score (nSPS) is 22.0. The number of nitrogens with two attached hydrogens (primary N) is 3. The summed E-state index contributed by atoms with van der Waals surface area (Å²) in [5.41, 5.74) is 34.6. The highest BCUT2D eigenvalue weighted by atomic mass is 35.6. The minimum atomic E-state index is -0.753. The number of hydrogen-bond donors (Lipinski definition) is 3. The molecule has 18 rings (SSSR count). The molecule has 0 heterocycles. The second-order valence-corrected chi connectivity index (χ2v) is 39.4. The molecular formula is C87H86Cl13N3O8. The lowest BCUT2D eigenvalue weighted by atomic mass is 9.98. The molecule has 2 unspecified atom stereocenters. The monoisotopic (exact) mass is 1760 g/mol. The number of ether oxygens (including phenoxy) is 4. The summed E-state index contributed by atoms with van der Waals surface area (Å²) in [6.07, 6.45) is 8.14. The molecule has 111 heavy (non-hydrogen) atoms. The van der Waals surface area contributed by atoms with Crippen LogP contribution in [0.2, 0.25) is 0 Å². The van der Waals surface area contributed by atoms with Crippen molar-refractivity contribution in [2.75, 3.05) is 46.1 Å². The predicted molar refractivity (Wildman–Crippen MR) is 455 cm³/mol. The van der Waals surface area contributed by atoms with E-state index in [0.29, 0.717) is 95.7 Å². The predicted octanol–water partition coefficient (Wildman–Crippen LogP) is 23.5. The van der Waals surface area contributed by atoms with E-state index in [0.717, 1.165) is 38.5 Å². The first kappa shape index (κ1) is 85.7. The molecule has 0 amide bonds. The molecule has 6 N–H and O–H groups in total. The van der Waals surface area contributed by atoms with Crippen molar-refractivity contribution < 1.29 is 38.1 Å². The third-order valence-electron chi connectivity index (χ3n) is 22.1. The summed E-state index contributed by atoms with van der Waals surface area (Å²) in [5, 5.41) is 0. The van der Waals surface area contributed by atoms with Crippen LogP contribution < -0.4 is 17.2 Å². The number of rotatable bonds is 20. The third-order valence-corrected chi connectivity index (χ3v) is 27.8. The summed E-state index contributed by atoms with van der Waals surface area (Å²) in [4.78, 5) is 46.9. The van der Waals surface area contributed by atoms with Crippen LogP contribution in [0.3, 0.4) is 0 Å². The van der Waals surface area contributed by atoms with Crippen molar-refractivity contribution in [1.29, 1.82) is 0 Å². The Labute approximate surface area is 714 Å². The Morgan fingerprint density at radius 2 is 0.423 bits per heavy atom.